The smallest absolute Gasteiger partial charge is 0.251 e. The third kappa shape index (κ3) is 3.54. The number of rotatable bonds is 3. The van der Waals surface area contributed by atoms with Crippen LogP contribution in [0, 0.1) is 13.8 Å². The second-order valence-electron chi connectivity index (χ2n) is 6.51. The highest BCUT2D eigenvalue weighted by Gasteiger charge is 2.30. The van der Waals surface area contributed by atoms with E-state index in [0.717, 1.165) is 16.7 Å². The first-order valence-electron chi connectivity index (χ1n) is 8.22. The largest absolute Gasteiger partial charge is 0.345 e. The zero-order valence-electron chi connectivity index (χ0n) is 14.6. The van der Waals surface area contributed by atoms with Gasteiger partial charge in [0.1, 0.15) is 0 Å². The van der Waals surface area contributed by atoms with Gasteiger partial charge in [-0.15, -0.1) is 0 Å². The van der Waals surface area contributed by atoms with Crippen molar-refractivity contribution >= 4 is 21.6 Å². The van der Waals surface area contributed by atoms with Crippen LogP contribution in [0.2, 0.25) is 0 Å². The maximum atomic E-state index is 12.6. The molecule has 1 aliphatic heterocycles. The van der Waals surface area contributed by atoms with E-state index in [1.165, 1.54) is 10.6 Å². The number of para-hydroxylation sites is 1. The van der Waals surface area contributed by atoms with Gasteiger partial charge in [-0.2, -0.15) is 0 Å². The second kappa shape index (κ2) is 6.52. The Kier molecular flexibility index (Phi) is 4.56. The van der Waals surface area contributed by atoms with Gasteiger partial charge >= 0.3 is 0 Å². The number of carbonyl (C=O) groups is 1. The van der Waals surface area contributed by atoms with E-state index in [9.17, 15) is 13.2 Å². The first-order chi connectivity index (χ1) is 11.8. The van der Waals surface area contributed by atoms with E-state index in [4.69, 9.17) is 0 Å². The van der Waals surface area contributed by atoms with Crippen LogP contribution in [0.1, 0.15) is 39.5 Å². The van der Waals surface area contributed by atoms with Crippen molar-refractivity contribution in [2.24, 2.45) is 0 Å². The van der Waals surface area contributed by atoms with Crippen molar-refractivity contribution in [1.82, 2.24) is 5.32 Å². The van der Waals surface area contributed by atoms with E-state index >= 15 is 0 Å². The Morgan fingerprint density at radius 3 is 2.52 bits per heavy atom. The third-order valence-electron chi connectivity index (χ3n) is 4.68. The van der Waals surface area contributed by atoms with Gasteiger partial charge in [0.25, 0.3) is 5.91 Å². The SMILES string of the molecule is Cc1ccc(C(=O)NC2CCN(S(C)(=O)=O)c3ccccc32)cc1C. The molecule has 0 bridgehead atoms. The lowest BCUT2D eigenvalue weighted by molar-refractivity contribution is 0.0934. The van der Waals surface area contributed by atoms with Crippen molar-refractivity contribution < 1.29 is 13.2 Å². The van der Waals surface area contributed by atoms with Gasteiger partial charge in [0.15, 0.2) is 0 Å². The molecule has 0 saturated heterocycles. The molecule has 1 N–H and O–H groups in total. The highest BCUT2D eigenvalue weighted by atomic mass is 32.2. The minimum Gasteiger partial charge on any atom is -0.345 e. The predicted molar refractivity (Wildman–Crippen MR) is 99.4 cm³/mol. The Hall–Kier alpha value is -2.34. The normalized spacial score (nSPS) is 17.1. The number of amides is 1. The lowest BCUT2D eigenvalue weighted by Gasteiger charge is -2.34. The van der Waals surface area contributed by atoms with Crippen LogP contribution in [-0.2, 0) is 10.0 Å². The fourth-order valence-electron chi connectivity index (χ4n) is 3.15. The van der Waals surface area contributed by atoms with E-state index in [2.05, 4.69) is 5.32 Å². The molecule has 0 saturated carbocycles. The molecule has 2 aromatic carbocycles. The van der Waals surface area contributed by atoms with Crippen molar-refractivity contribution in [3.8, 4) is 0 Å². The molecule has 2 aromatic rings. The molecule has 1 unspecified atom stereocenters. The molecule has 3 rings (SSSR count). The van der Waals surface area contributed by atoms with Crippen molar-refractivity contribution in [2.45, 2.75) is 26.3 Å². The van der Waals surface area contributed by atoms with Gasteiger partial charge in [-0.05, 0) is 55.2 Å². The molecule has 1 heterocycles. The number of nitrogens with zero attached hydrogens (tertiary/aromatic N) is 1. The van der Waals surface area contributed by atoms with E-state index in [-0.39, 0.29) is 11.9 Å². The van der Waals surface area contributed by atoms with Gasteiger partial charge in [-0.25, -0.2) is 8.42 Å². The Morgan fingerprint density at radius 1 is 1.12 bits per heavy atom. The Balaban J connectivity index is 1.88. The first kappa shape index (κ1) is 17.5. The van der Waals surface area contributed by atoms with Crippen molar-refractivity contribution in [1.29, 1.82) is 0 Å². The number of sulfonamides is 1. The summed E-state index contributed by atoms with van der Waals surface area (Å²) in [5.74, 6) is -0.143. The first-order valence-corrected chi connectivity index (χ1v) is 10.1. The second-order valence-corrected chi connectivity index (χ2v) is 8.41. The lowest BCUT2D eigenvalue weighted by atomic mass is 9.97. The standard InChI is InChI=1S/C19H22N2O3S/c1-13-8-9-15(12-14(13)2)19(22)20-17-10-11-21(25(3,23)24)18-7-5-4-6-16(17)18/h4-9,12,17H,10-11H2,1-3H3,(H,20,22). The number of anilines is 1. The van der Waals surface area contributed by atoms with Gasteiger partial charge in [0, 0.05) is 12.1 Å². The zero-order valence-corrected chi connectivity index (χ0v) is 15.4. The van der Waals surface area contributed by atoms with E-state index in [0.29, 0.717) is 24.2 Å². The Bertz CT molecular complexity index is 922. The zero-order chi connectivity index (χ0) is 18.2. The van der Waals surface area contributed by atoms with Crippen LogP contribution in [-0.4, -0.2) is 27.1 Å². The molecule has 0 aromatic heterocycles. The van der Waals surface area contributed by atoms with Gasteiger partial charge in [-0.1, -0.05) is 24.3 Å². The molecule has 0 radical (unpaired) electrons. The summed E-state index contributed by atoms with van der Waals surface area (Å²) in [5, 5.41) is 3.05. The fraction of sp³-hybridized carbons (Fsp3) is 0.316. The van der Waals surface area contributed by atoms with Gasteiger partial charge in [0.2, 0.25) is 10.0 Å². The molecular formula is C19H22N2O3S. The summed E-state index contributed by atoms with van der Waals surface area (Å²) in [6, 6.07) is 12.7. The average Bonchev–Trinajstić information content (AvgIpc) is 2.56. The number of hydrogen-bond acceptors (Lipinski definition) is 3. The maximum absolute atomic E-state index is 12.6. The quantitative estimate of drug-likeness (QED) is 0.917. The number of aryl methyl sites for hydroxylation is 2. The van der Waals surface area contributed by atoms with Crippen LogP contribution in [0.25, 0.3) is 0 Å². The number of nitrogens with one attached hydrogen (secondary N) is 1. The summed E-state index contributed by atoms with van der Waals surface area (Å²) < 4.78 is 25.4. The molecule has 25 heavy (non-hydrogen) atoms. The van der Waals surface area contributed by atoms with Crippen LogP contribution in [0.4, 0.5) is 5.69 Å². The molecular weight excluding hydrogens is 336 g/mol. The molecule has 0 aliphatic carbocycles. The fourth-order valence-corrected chi connectivity index (χ4v) is 4.11. The van der Waals surface area contributed by atoms with Crippen LogP contribution in [0.15, 0.2) is 42.5 Å². The van der Waals surface area contributed by atoms with Gasteiger partial charge < -0.3 is 5.32 Å². The summed E-state index contributed by atoms with van der Waals surface area (Å²) in [6.45, 7) is 4.34. The van der Waals surface area contributed by atoms with Crippen molar-refractivity contribution in [3.05, 3.63) is 64.7 Å². The highest BCUT2D eigenvalue weighted by molar-refractivity contribution is 7.92. The highest BCUT2D eigenvalue weighted by Crippen LogP contribution is 2.35. The van der Waals surface area contributed by atoms with E-state index < -0.39 is 10.0 Å². The summed E-state index contributed by atoms with van der Waals surface area (Å²) in [7, 11) is -3.33. The third-order valence-corrected chi connectivity index (χ3v) is 5.86. The number of carbonyl (C=O) groups excluding carboxylic acids is 1. The van der Waals surface area contributed by atoms with Crippen LogP contribution < -0.4 is 9.62 Å². The molecule has 5 nitrogen and oxygen atoms in total. The van der Waals surface area contributed by atoms with Crippen molar-refractivity contribution in [3.63, 3.8) is 0 Å². The molecule has 6 heteroatoms. The molecule has 1 atom stereocenters. The molecule has 1 amide bonds. The summed E-state index contributed by atoms with van der Waals surface area (Å²) in [5.41, 5.74) is 4.30. The molecule has 1 aliphatic rings. The lowest BCUT2D eigenvalue weighted by Crippen LogP contribution is -2.40. The number of hydrogen-bond donors (Lipinski definition) is 1. The van der Waals surface area contributed by atoms with Crippen molar-refractivity contribution in [2.75, 3.05) is 17.1 Å². The molecule has 132 valence electrons. The van der Waals surface area contributed by atoms with Crippen LogP contribution in [0.3, 0.4) is 0 Å². The van der Waals surface area contributed by atoms with E-state index in [1.807, 2.05) is 50.2 Å². The summed E-state index contributed by atoms with van der Waals surface area (Å²) in [6.07, 6.45) is 1.75. The monoisotopic (exact) mass is 358 g/mol. The minimum absolute atomic E-state index is 0.143. The summed E-state index contributed by atoms with van der Waals surface area (Å²) in [4.78, 5) is 12.6. The number of benzene rings is 2. The minimum atomic E-state index is -3.33. The average molecular weight is 358 g/mol. The van der Waals surface area contributed by atoms with Crippen LogP contribution in [0.5, 0.6) is 0 Å². The van der Waals surface area contributed by atoms with Gasteiger partial charge in [0.05, 0.1) is 18.0 Å². The maximum Gasteiger partial charge on any atom is 0.251 e. The summed E-state index contributed by atoms with van der Waals surface area (Å²) >= 11 is 0. The van der Waals surface area contributed by atoms with Gasteiger partial charge in [-0.3, -0.25) is 9.10 Å². The topological polar surface area (TPSA) is 66.5 Å². The predicted octanol–water partition coefficient (Wildman–Crippen LogP) is 2.94. The molecule has 0 fully saturated rings. The Labute approximate surface area is 148 Å². The van der Waals surface area contributed by atoms with Crippen LogP contribution >= 0.6 is 0 Å². The molecule has 0 spiro atoms. The number of fused-ring (bicyclic) bond motifs is 1. The van der Waals surface area contributed by atoms with E-state index in [1.54, 1.807) is 6.07 Å². The Morgan fingerprint density at radius 2 is 1.84 bits per heavy atom.